The van der Waals surface area contributed by atoms with Gasteiger partial charge in [0.1, 0.15) is 5.75 Å². The highest BCUT2D eigenvalue weighted by atomic mass is 31.2. The Morgan fingerprint density at radius 3 is 2.47 bits per heavy atom. The number of nitrogens with one attached hydrogen (secondary N) is 2. The predicted octanol–water partition coefficient (Wildman–Crippen LogP) is 3.29. The van der Waals surface area contributed by atoms with Crippen LogP contribution in [-0.2, 0) is 15.8 Å². The van der Waals surface area contributed by atoms with E-state index >= 15 is 0 Å². The van der Waals surface area contributed by atoms with Crippen molar-refractivity contribution in [1.82, 2.24) is 10.6 Å². The van der Waals surface area contributed by atoms with Crippen LogP contribution in [0.5, 0.6) is 5.75 Å². The SMILES string of the molecule is C[C@@H](NC[C@H](O)CP(=O)(O)CCCCCNC(=O)CCc1ccc(O)cc1)c1cccc(C(=O)O)c1. The Labute approximate surface area is 212 Å². The summed E-state index contributed by atoms with van der Waals surface area (Å²) in [6.07, 6.45) is 1.74. The number of aryl methyl sites for hydroxylation is 1. The van der Waals surface area contributed by atoms with Crippen LogP contribution in [0.1, 0.15) is 60.1 Å². The number of amides is 1. The topological polar surface area (TPSA) is 156 Å². The standard InChI is InChI=1S/C26H37N2O7P/c1-19(21-6-5-7-22(16-21)26(32)33)28-17-24(30)18-36(34,35)15-4-2-3-14-27-25(31)13-10-20-8-11-23(29)12-9-20/h5-9,11-12,16,19,24,28-30H,2-4,10,13-15,17-18H2,1H3,(H,27,31)(H,32,33)(H,34,35)/t19-,24+/m1/s1. The summed E-state index contributed by atoms with van der Waals surface area (Å²) >= 11 is 0. The largest absolute Gasteiger partial charge is 0.508 e. The summed E-state index contributed by atoms with van der Waals surface area (Å²) in [6.45, 7) is 2.44. The van der Waals surface area contributed by atoms with Crippen LogP contribution in [0.2, 0.25) is 0 Å². The van der Waals surface area contributed by atoms with Gasteiger partial charge in [-0.15, -0.1) is 0 Å². The van der Waals surface area contributed by atoms with E-state index < -0.39 is 19.4 Å². The smallest absolute Gasteiger partial charge is 0.335 e. The number of phenols is 1. The van der Waals surface area contributed by atoms with Gasteiger partial charge in [0.25, 0.3) is 0 Å². The van der Waals surface area contributed by atoms with Crippen molar-refractivity contribution in [3.05, 3.63) is 65.2 Å². The Kier molecular flexibility index (Phi) is 12.1. The van der Waals surface area contributed by atoms with Crippen molar-refractivity contribution in [3.63, 3.8) is 0 Å². The number of aliphatic hydroxyl groups excluding tert-OH is 1. The molecular weight excluding hydrogens is 483 g/mol. The van der Waals surface area contributed by atoms with Gasteiger partial charge in [0.2, 0.25) is 13.3 Å². The first kappa shape index (κ1) is 29.5. The third kappa shape index (κ3) is 11.4. The fourth-order valence-corrected chi connectivity index (χ4v) is 5.44. The minimum Gasteiger partial charge on any atom is -0.508 e. The number of hydrogen-bond donors (Lipinski definition) is 6. The minimum atomic E-state index is -3.49. The normalized spacial score (nSPS) is 14.5. The quantitative estimate of drug-likeness (QED) is 0.145. The van der Waals surface area contributed by atoms with Gasteiger partial charge in [-0.2, -0.15) is 0 Å². The lowest BCUT2D eigenvalue weighted by Gasteiger charge is -2.20. The van der Waals surface area contributed by atoms with E-state index in [0.717, 1.165) is 11.1 Å². The van der Waals surface area contributed by atoms with Crippen LogP contribution >= 0.6 is 7.37 Å². The Morgan fingerprint density at radius 1 is 1.06 bits per heavy atom. The summed E-state index contributed by atoms with van der Waals surface area (Å²) in [4.78, 5) is 33.3. The van der Waals surface area contributed by atoms with Crippen molar-refractivity contribution in [3.8, 4) is 5.75 Å². The van der Waals surface area contributed by atoms with Gasteiger partial charge in [-0.25, -0.2) is 4.79 Å². The molecule has 2 aromatic rings. The molecule has 0 radical (unpaired) electrons. The van der Waals surface area contributed by atoms with Crippen LogP contribution in [0.3, 0.4) is 0 Å². The molecule has 0 fully saturated rings. The molecule has 36 heavy (non-hydrogen) atoms. The lowest BCUT2D eigenvalue weighted by atomic mass is 10.1. The van der Waals surface area contributed by atoms with Crippen LogP contribution in [0.25, 0.3) is 0 Å². The summed E-state index contributed by atoms with van der Waals surface area (Å²) in [5.74, 6) is -0.883. The number of unbranched alkanes of at least 4 members (excludes halogenated alkanes) is 2. The van der Waals surface area contributed by atoms with E-state index in [9.17, 15) is 29.3 Å². The lowest BCUT2D eigenvalue weighted by Crippen LogP contribution is -2.31. The maximum Gasteiger partial charge on any atom is 0.335 e. The van der Waals surface area contributed by atoms with Gasteiger partial charge in [-0.05, 0) is 61.6 Å². The Bertz CT molecular complexity index is 1030. The second kappa shape index (κ2) is 14.8. The van der Waals surface area contributed by atoms with Crippen molar-refractivity contribution in [2.45, 2.75) is 51.2 Å². The van der Waals surface area contributed by atoms with Gasteiger partial charge in [-0.3, -0.25) is 9.36 Å². The maximum absolute atomic E-state index is 12.5. The summed E-state index contributed by atoms with van der Waals surface area (Å²) in [5, 5.41) is 34.5. The molecule has 1 unspecified atom stereocenters. The number of benzene rings is 2. The zero-order chi connectivity index (χ0) is 26.6. The van der Waals surface area contributed by atoms with E-state index in [1.165, 1.54) is 6.07 Å². The first-order valence-electron chi connectivity index (χ1n) is 12.2. The van der Waals surface area contributed by atoms with E-state index in [0.29, 0.717) is 38.6 Å². The van der Waals surface area contributed by atoms with Gasteiger partial charge in [0.15, 0.2) is 0 Å². The monoisotopic (exact) mass is 520 g/mol. The summed E-state index contributed by atoms with van der Waals surface area (Å²) in [5.41, 5.74) is 1.90. The fraction of sp³-hybridized carbons (Fsp3) is 0.462. The van der Waals surface area contributed by atoms with Crippen LogP contribution in [0, 0.1) is 0 Å². The lowest BCUT2D eigenvalue weighted by molar-refractivity contribution is -0.121. The van der Waals surface area contributed by atoms with Crippen molar-refractivity contribution >= 4 is 19.2 Å². The molecule has 2 aromatic carbocycles. The Hall–Kier alpha value is -2.71. The first-order chi connectivity index (χ1) is 17.1. The number of aromatic carboxylic acids is 1. The van der Waals surface area contributed by atoms with Crippen molar-refractivity contribution < 1.29 is 34.4 Å². The fourth-order valence-electron chi connectivity index (χ4n) is 3.75. The number of carbonyl (C=O) groups excluding carboxylic acids is 1. The summed E-state index contributed by atoms with van der Waals surface area (Å²) in [6, 6.07) is 13.0. The van der Waals surface area contributed by atoms with Gasteiger partial charge in [-0.1, -0.05) is 30.7 Å². The second-order valence-corrected chi connectivity index (χ2v) is 11.5. The van der Waals surface area contributed by atoms with E-state index in [4.69, 9.17) is 5.11 Å². The molecule has 0 heterocycles. The molecular formula is C26H37N2O7P. The average molecular weight is 521 g/mol. The molecule has 0 aliphatic carbocycles. The molecule has 0 aromatic heterocycles. The molecule has 0 bridgehead atoms. The van der Waals surface area contributed by atoms with E-state index in [1.807, 2.05) is 6.92 Å². The van der Waals surface area contributed by atoms with E-state index in [-0.39, 0.29) is 42.1 Å². The molecule has 2 rings (SSSR count). The molecule has 0 aliphatic rings. The molecule has 3 atom stereocenters. The zero-order valence-electron chi connectivity index (χ0n) is 20.6. The molecule has 0 spiro atoms. The van der Waals surface area contributed by atoms with Gasteiger partial charge in [0.05, 0.1) is 17.8 Å². The number of carbonyl (C=O) groups is 2. The van der Waals surface area contributed by atoms with Crippen molar-refractivity contribution in [2.75, 3.05) is 25.4 Å². The highest BCUT2D eigenvalue weighted by Crippen LogP contribution is 2.42. The van der Waals surface area contributed by atoms with Gasteiger partial charge >= 0.3 is 5.97 Å². The number of phenolic OH excluding ortho intramolecular Hbond substituents is 1. The van der Waals surface area contributed by atoms with E-state index in [1.54, 1.807) is 42.5 Å². The highest BCUT2D eigenvalue weighted by molar-refractivity contribution is 7.58. The van der Waals surface area contributed by atoms with E-state index in [2.05, 4.69) is 10.6 Å². The van der Waals surface area contributed by atoms with Gasteiger partial charge < -0.3 is 30.8 Å². The minimum absolute atomic E-state index is 0.0598. The molecule has 6 N–H and O–H groups in total. The molecule has 0 aliphatic heterocycles. The predicted molar refractivity (Wildman–Crippen MR) is 139 cm³/mol. The number of aromatic hydroxyl groups is 1. The molecule has 198 valence electrons. The van der Waals surface area contributed by atoms with Crippen LogP contribution < -0.4 is 10.6 Å². The molecule has 0 saturated carbocycles. The number of aliphatic hydroxyl groups is 1. The van der Waals surface area contributed by atoms with Crippen LogP contribution in [-0.4, -0.2) is 63.6 Å². The summed E-state index contributed by atoms with van der Waals surface area (Å²) < 4.78 is 12.5. The molecule has 0 saturated heterocycles. The maximum atomic E-state index is 12.5. The first-order valence-corrected chi connectivity index (χ1v) is 14.2. The number of carboxylic acid groups (broad SMARTS) is 1. The molecule has 1 amide bonds. The summed E-state index contributed by atoms with van der Waals surface area (Å²) in [7, 11) is -3.49. The second-order valence-electron chi connectivity index (χ2n) is 9.04. The Morgan fingerprint density at radius 2 is 1.78 bits per heavy atom. The molecule has 10 heteroatoms. The van der Waals surface area contributed by atoms with Crippen molar-refractivity contribution in [1.29, 1.82) is 0 Å². The van der Waals surface area contributed by atoms with Crippen LogP contribution in [0.15, 0.2) is 48.5 Å². The Balaban J connectivity index is 1.58. The highest BCUT2D eigenvalue weighted by Gasteiger charge is 2.23. The average Bonchev–Trinajstić information content (AvgIpc) is 2.84. The van der Waals surface area contributed by atoms with Crippen LogP contribution in [0.4, 0.5) is 0 Å². The number of carboxylic acids is 1. The third-order valence-electron chi connectivity index (χ3n) is 5.87. The molecule has 9 nitrogen and oxygen atoms in total. The number of hydrogen-bond acceptors (Lipinski definition) is 6. The zero-order valence-corrected chi connectivity index (χ0v) is 21.5. The third-order valence-corrected chi connectivity index (χ3v) is 7.88. The van der Waals surface area contributed by atoms with Gasteiger partial charge in [0, 0.05) is 31.7 Å². The van der Waals surface area contributed by atoms with Crippen molar-refractivity contribution in [2.24, 2.45) is 0 Å². The number of rotatable bonds is 16.